The molecular formula is C22H26N2O3S. The van der Waals surface area contributed by atoms with Gasteiger partial charge in [0.2, 0.25) is 0 Å². The number of hydrogen-bond donors (Lipinski definition) is 0. The van der Waals surface area contributed by atoms with Crippen LogP contribution in [-0.4, -0.2) is 22.6 Å². The van der Waals surface area contributed by atoms with Crippen LogP contribution in [0.3, 0.4) is 0 Å². The first kappa shape index (κ1) is 20.3. The Kier molecular flexibility index (Phi) is 5.98. The van der Waals surface area contributed by atoms with Crippen molar-refractivity contribution in [2.24, 2.45) is 0 Å². The SMILES string of the molecule is COC(=O)CCCn1c(C(C)C)nc2scc(-c3ccc(C)cc3C)c2c1=O. The minimum absolute atomic E-state index is 0.0326. The lowest BCUT2D eigenvalue weighted by Gasteiger charge is -2.15. The summed E-state index contributed by atoms with van der Waals surface area (Å²) in [6.07, 6.45) is 0.828. The third-order valence-electron chi connectivity index (χ3n) is 4.90. The fraction of sp³-hybridized carbons (Fsp3) is 0.409. The monoisotopic (exact) mass is 398 g/mol. The molecule has 28 heavy (non-hydrogen) atoms. The molecule has 148 valence electrons. The summed E-state index contributed by atoms with van der Waals surface area (Å²) in [4.78, 5) is 30.5. The minimum atomic E-state index is -0.264. The molecule has 6 heteroatoms. The molecule has 2 heterocycles. The van der Waals surface area contributed by atoms with Crippen LogP contribution in [0, 0.1) is 13.8 Å². The van der Waals surface area contributed by atoms with E-state index in [1.165, 1.54) is 24.0 Å². The number of hydrogen-bond acceptors (Lipinski definition) is 5. The summed E-state index contributed by atoms with van der Waals surface area (Å²) < 4.78 is 6.45. The van der Waals surface area contributed by atoms with Crippen LogP contribution in [-0.2, 0) is 16.1 Å². The van der Waals surface area contributed by atoms with Crippen molar-refractivity contribution in [2.45, 2.75) is 53.0 Å². The van der Waals surface area contributed by atoms with Crippen molar-refractivity contribution in [3.63, 3.8) is 0 Å². The van der Waals surface area contributed by atoms with Gasteiger partial charge in [-0.2, -0.15) is 0 Å². The zero-order chi connectivity index (χ0) is 20.4. The van der Waals surface area contributed by atoms with Crippen LogP contribution in [0.5, 0.6) is 0 Å². The summed E-state index contributed by atoms with van der Waals surface area (Å²) in [6.45, 7) is 8.64. The molecule has 0 saturated heterocycles. The molecule has 0 fully saturated rings. The third-order valence-corrected chi connectivity index (χ3v) is 5.77. The van der Waals surface area contributed by atoms with Gasteiger partial charge in [0.15, 0.2) is 0 Å². The maximum Gasteiger partial charge on any atom is 0.305 e. The van der Waals surface area contributed by atoms with Crippen molar-refractivity contribution in [3.8, 4) is 11.1 Å². The molecule has 0 spiro atoms. The highest BCUT2D eigenvalue weighted by atomic mass is 32.1. The van der Waals surface area contributed by atoms with E-state index < -0.39 is 0 Å². The molecule has 0 aliphatic rings. The predicted octanol–water partition coefficient (Wildman–Crippen LogP) is 4.82. The van der Waals surface area contributed by atoms with Crippen molar-refractivity contribution < 1.29 is 9.53 Å². The number of aryl methyl sites for hydroxylation is 2. The molecule has 0 N–H and O–H groups in total. The number of esters is 1. The summed E-state index contributed by atoms with van der Waals surface area (Å²) in [7, 11) is 1.38. The first-order chi connectivity index (χ1) is 13.3. The van der Waals surface area contributed by atoms with Gasteiger partial charge in [0, 0.05) is 29.8 Å². The number of carbonyl (C=O) groups excluding carboxylic acids is 1. The first-order valence-corrected chi connectivity index (χ1v) is 10.4. The Bertz CT molecular complexity index is 1080. The molecule has 0 amide bonds. The van der Waals surface area contributed by atoms with Gasteiger partial charge in [-0.15, -0.1) is 11.3 Å². The number of fused-ring (bicyclic) bond motifs is 1. The molecule has 0 saturated carbocycles. The summed E-state index contributed by atoms with van der Waals surface area (Å²) in [6, 6.07) is 6.27. The van der Waals surface area contributed by atoms with E-state index in [2.05, 4.69) is 32.0 Å². The quantitative estimate of drug-likeness (QED) is 0.559. The van der Waals surface area contributed by atoms with Crippen LogP contribution in [0.1, 0.15) is 49.6 Å². The molecule has 0 unspecified atom stereocenters. The number of methoxy groups -OCH3 is 1. The highest BCUT2D eigenvalue weighted by Crippen LogP contribution is 2.34. The maximum absolute atomic E-state index is 13.4. The van der Waals surface area contributed by atoms with Crippen LogP contribution >= 0.6 is 11.3 Å². The van der Waals surface area contributed by atoms with Gasteiger partial charge in [-0.05, 0) is 31.4 Å². The number of aromatic nitrogens is 2. The van der Waals surface area contributed by atoms with Crippen molar-refractivity contribution in [1.29, 1.82) is 0 Å². The Morgan fingerprint density at radius 1 is 1.25 bits per heavy atom. The second kappa shape index (κ2) is 8.27. The van der Waals surface area contributed by atoms with E-state index in [4.69, 9.17) is 9.72 Å². The van der Waals surface area contributed by atoms with Crippen molar-refractivity contribution in [2.75, 3.05) is 7.11 Å². The fourth-order valence-corrected chi connectivity index (χ4v) is 4.43. The van der Waals surface area contributed by atoms with E-state index in [9.17, 15) is 9.59 Å². The smallest absolute Gasteiger partial charge is 0.305 e. The summed E-state index contributed by atoms with van der Waals surface area (Å²) >= 11 is 1.51. The topological polar surface area (TPSA) is 61.2 Å². The molecule has 0 aliphatic carbocycles. The summed E-state index contributed by atoms with van der Waals surface area (Å²) in [5.74, 6) is 0.609. The van der Waals surface area contributed by atoms with E-state index in [0.717, 1.165) is 27.3 Å². The molecule has 5 nitrogen and oxygen atoms in total. The number of carbonyl (C=O) groups is 1. The Morgan fingerprint density at radius 3 is 2.64 bits per heavy atom. The van der Waals surface area contributed by atoms with Crippen LogP contribution in [0.2, 0.25) is 0 Å². The third kappa shape index (κ3) is 3.87. The van der Waals surface area contributed by atoms with Gasteiger partial charge >= 0.3 is 5.97 Å². The second-order valence-electron chi connectivity index (χ2n) is 7.41. The highest BCUT2D eigenvalue weighted by molar-refractivity contribution is 7.17. The van der Waals surface area contributed by atoms with E-state index in [1.807, 2.05) is 19.2 Å². The molecule has 0 atom stereocenters. The highest BCUT2D eigenvalue weighted by Gasteiger charge is 2.19. The summed E-state index contributed by atoms with van der Waals surface area (Å²) in [5.41, 5.74) is 4.31. The van der Waals surface area contributed by atoms with Gasteiger partial charge in [0.1, 0.15) is 10.7 Å². The van der Waals surface area contributed by atoms with E-state index in [1.54, 1.807) is 4.57 Å². The average Bonchev–Trinajstić information content (AvgIpc) is 3.07. The molecule has 0 radical (unpaired) electrons. The van der Waals surface area contributed by atoms with Gasteiger partial charge in [-0.3, -0.25) is 14.2 Å². The number of benzene rings is 1. The lowest BCUT2D eigenvalue weighted by atomic mass is 9.99. The lowest BCUT2D eigenvalue weighted by molar-refractivity contribution is -0.140. The number of thiophene rings is 1. The second-order valence-corrected chi connectivity index (χ2v) is 8.27. The van der Waals surface area contributed by atoms with Gasteiger partial charge in [0.05, 0.1) is 12.5 Å². The Balaban J connectivity index is 2.13. The number of rotatable bonds is 6. The largest absolute Gasteiger partial charge is 0.469 e. The van der Waals surface area contributed by atoms with Crippen molar-refractivity contribution in [1.82, 2.24) is 9.55 Å². The average molecular weight is 399 g/mol. The number of nitrogens with zero attached hydrogens (tertiary/aromatic N) is 2. The minimum Gasteiger partial charge on any atom is -0.469 e. The standard InChI is InChI=1S/C22H26N2O3S/c1-13(2)20-23-21-19(22(26)24(20)10-6-7-18(25)27-5)17(12-28-21)16-9-8-14(3)11-15(16)4/h8-9,11-13H,6-7,10H2,1-5H3. The Labute approximate surface area is 169 Å². The van der Waals surface area contributed by atoms with Crippen molar-refractivity contribution in [3.05, 3.63) is 50.9 Å². The van der Waals surface area contributed by atoms with Gasteiger partial charge in [0.25, 0.3) is 5.56 Å². The van der Waals surface area contributed by atoms with Crippen LogP contribution in [0.25, 0.3) is 21.3 Å². The van der Waals surface area contributed by atoms with E-state index >= 15 is 0 Å². The maximum atomic E-state index is 13.4. The molecule has 2 aromatic heterocycles. The molecule has 3 rings (SSSR count). The number of ether oxygens (including phenoxy) is 1. The van der Waals surface area contributed by atoms with Crippen LogP contribution in [0.15, 0.2) is 28.4 Å². The zero-order valence-corrected chi connectivity index (χ0v) is 17.9. The van der Waals surface area contributed by atoms with Gasteiger partial charge < -0.3 is 4.74 Å². The lowest BCUT2D eigenvalue weighted by Crippen LogP contribution is -2.26. The molecule has 3 aromatic rings. The molecular weight excluding hydrogens is 372 g/mol. The molecule has 1 aromatic carbocycles. The Morgan fingerprint density at radius 2 is 2.00 bits per heavy atom. The van der Waals surface area contributed by atoms with Gasteiger partial charge in [-0.25, -0.2) is 4.98 Å². The summed E-state index contributed by atoms with van der Waals surface area (Å²) in [5, 5.41) is 2.69. The van der Waals surface area contributed by atoms with E-state index in [-0.39, 0.29) is 23.9 Å². The first-order valence-electron chi connectivity index (χ1n) is 9.49. The zero-order valence-electron chi connectivity index (χ0n) is 17.0. The van der Waals surface area contributed by atoms with Gasteiger partial charge in [-0.1, -0.05) is 37.6 Å². The normalized spacial score (nSPS) is 11.4. The molecule has 0 aliphatic heterocycles. The van der Waals surface area contributed by atoms with Crippen LogP contribution < -0.4 is 5.56 Å². The fourth-order valence-electron chi connectivity index (χ4n) is 3.49. The van der Waals surface area contributed by atoms with Crippen molar-refractivity contribution >= 4 is 27.5 Å². The predicted molar refractivity (Wildman–Crippen MR) is 114 cm³/mol. The Hall–Kier alpha value is -2.47. The van der Waals surface area contributed by atoms with Crippen LogP contribution in [0.4, 0.5) is 0 Å². The van der Waals surface area contributed by atoms with E-state index in [0.29, 0.717) is 18.4 Å². The molecule has 0 bridgehead atoms.